The van der Waals surface area contributed by atoms with Crippen molar-refractivity contribution >= 4 is 39.1 Å². The van der Waals surface area contributed by atoms with Gasteiger partial charge in [-0.3, -0.25) is 10.1 Å². The van der Waals surface area contributed by atoms with Crippen LogP contribution < -0.4 is 5.32 Å². The van der Waals surface area contributed by atoms with Crippen molar-refractivity contribution < 1.29 is 4.92 Å². The van der Waals surface area contributed by atoms with Crippen LogP contribution in [0.4, 0.5) is 11.4 Å². The Hall–Kier alpha value is -0.750. The summed E-state index contributed by atoms with van der Waals surface area (Å²) in [4.78, 5) is 10.5. The van der Waals surface area contributed by atoms with Crippen molar-refractivity contribution in [1.29, 1.82) is 0 Å². The van der Waals surface area contributed by atoms with E-state index in [0.29, 0.717) is 11.6 Å². The molecule has 0 amide bonds. The first kappa shape index (κ1) is 14.3. The van der Waals surface area contributed by atoms with E-state index < -0.39 is 0 Å². The largest absolute Gasteiger partial charge is 0.379 e. The first-order valence-electron chi connectivity index (χ1n) is 5.21. The molecule has 94 valence electrons. The molecule has 0 aliphatic carbocycles. The maximum absolute atomic E-state index is 10.8. The third-order valence-corrected chi connectivity index (χ3v) is 3.64. The Morgan fingerprint density at radius 1 is 1.59 bits per heavy atom. The van der Waals surface area contributed by atoms with Crippen LogP contribution >= 0.6 is 27.7 Å². The second-order valence-corrected chi connectivity index (χ2v) is 5.69. The SMILES string of the molecule is CSCC(C)CNc1cc(Br)ccc1[N+](=O)[O-]. The number of benzene rings is 1. The van der Waals surface area contributed by atoms with Crippen LogP contribution in [0.1, 0.15) is 6.92 Å². The molecule has 1 unspecified atom stereocenters. The first-order valence-corrected chi connectivity index (χ1v) is 7.40. The summed E-state index contributed by atoms with van der Waals surface area (Å²) >= 11 is 5.09. The van der Waals surface area contributed by atoms with E-state index >= 15 is 0 Å². The van der Waals surface area contributed by atoms with Gasteiger partial charge >= 0.3 is 0 Å². The standard InChI is InChI=1S/C11H15BrN2O2S/c1-8(7-17-2)6-13-10-5-9(12)3-4-11(10)14(15)16/h3-5,8,13H,6-7H2,1-2H3. The summed E-state index contributed by atoms with van der Waals surface area (Å²) in [5.41, 5.74) is 0.682. The smallest absolute Gasteiger partial charge is 0.292 e. The highest BCUT2D eigenvalue weighted by molar-refractivity contribution is 9.10. The number of hydrogen-bond acceptors (Lipinski definition) is 4. The molecular weight excluding hydrogens is 304 g/mol. The van der Waals surface area contributed by atoms with E-state index in [0.717, 1.165) is 16.8 Å². The summed E-state index contributed by atoms with van der Waals surface area (Å²) < 4.78 is 0.836. The van der Waals surface area contributed by atoms with E-state index in [1.165, 1.54) is 6.07 Å². The van der Waals surface area contributed by atoms with Crippen LogP contribution in [0.2, 0.25) is 0 Å². The second kappa shape index (κ2) is 6.86. The average molecular weight is 319 g/mol. The minimum Gasteiger partial charge on any atom is -0.379 e. The van der Waals surface area contributed by atoms with Gasteiger partial charge in [-0.25, -0.2) is 0 Å². The summed E-state index contributed by atoms with van der Waals surface area (Å²) in [5, 5.41) is 14.0. The van der Waals surface area contributed by atoms with Crippen LogP contribution in [-0.2, 0) is 0 Å². The van der Waals surface area contributed by atoms with Crippen LogP contribution in [0, 0.1) is 16.0 Å². The molecule has 0 spiro atoms. The number of nitrogens with zero attached hydrogens (tertiary/aromatic N) is 1. The predicted molar refractivity (Wildman–Crippen MR) is 76.8 cm³/mol. The number of nitro benzene ring substituents is 1. The van der Waals surface area contributed by atoms with E-state index in [-0.39, 0.29) is 10.6 Å². The van der Waals surface area contributed by atoms with Crippen molar-refractivity contribution in [2.75, 3.05) is 23.9 Å². The quantitative estimate of drug-likeness (QED) is 0.640. The topological polar surface area (TPSA) is 55.2 Å². The monoisotopic (exact) mass is 318 g/mol. The molecule has 0 saturated carbocycles. The molecule has 0 bridgehead atoms. The van der Waals surface area contributed by atoms with Gasteiger partial charge in [0.05, 0.1) is 4.92 Å². The van der Waals surface area contributed by atoms with Crippen molar-refractivity contribution in [2.24, 2.45) is 5.92 Å². The molecular formula is C11H15BrN2O2S. The number of nitrogens with one attached hydrogen (secondary N) is 1. The molecule has 0 aliphatic heterocycles. The Morgan fingerprint density at radius 2 is 2.29 bits per heavy atom. The highest BCUT2D eigenvalue weighted by Crippen LogP contribution is 2.28. The lowest BCUT2D eigenvalue weighted by molar-refractivity contribution is -0.384. The third kappa shape index (κ3) is 4.55. The van der Waals surface area contributed by atoms with E-state index in [4.69, 9.17) is 0 Å². The number of anilines is 1. The summed E-state index contributed by atoms with van der Waals surface area (Å²) in [5.74, 6) is 1.51. The van der Waals surface area contributed by atoms with Gasteiger partial charge in [-0.05, 0) is 30.1 Å². The molecule has 6 heteroatoms. The molecule has 1 aromatic rings. The van der Waals surface area contributed by atoms with Crippen LogP contribution in [0.5, 0.6) is 0 Å². The molecule has 0 aromatic heterocycles. The van der Waals surface area contributed by atoms with Gasteiger partial charge in [0.1, 0.15) is 5.69 Å². The number of rotatable bonds is 6. The predicted octanol–water partition coefficient (Wildman–Crippen LogP) is 3.77. The Bertz CT molecular complexity index is 401. The molecule has 0 aliphatic rings. The second-order valence-electron chi connectivity index (χ2n) is 3.86. The van der Waals surface area contributed by atoms with Crippen molar-refractivity contribution in [3.8, 4) is 0 Å². The van der Waals surface area contributed by atoms with Crippen molar-refractivity contribution in [1.82, 2.24) is 0 Å². The highest BCUT2D eigenvalue weighted by atomic mass is 79.9. The molecule has 0 fully saturated rings. The number of halogens is 1. The molecule has 1 rings (SSSR count). The molecule has 0 saturated heterocycles. The maximum Gasteiger partial charge on any atom is 0.292 e. The zero-order valence-corrected chi connectivity index (χ0v) is 12.2. The maximum atomic E-state index is 10.8. The first-order chi connectivity index (χ1) is 8.04. The highest BCUT2D eigenvalue weighted by Gasteiger charge is 2.14. The molecule has 0 radical (unpaired) electrons. The summed E-state index contributed by atoms with van der Waals surface area (Å²) in [6.07, 6.45) is 2.05. The zero-order valence-electron chi connectivity index (χ0n) is 9.77. The van der Waals surface area contributed by atoms with E-state index in [2.05, 4.69) is 34.4 Å². The third-order valence-electron chi connectivity index (χ3n) is 2.25. The summed E-state index contributed by atoms with van der Waals surface area (Å²) in [6.45, 7) is 2.85. The fourth-order valence-corrected chi connectivity index (χ4v) is 2.48. The van der Waals surface area contributed by atoms with Gasteiger partial charge < -0.3 is 5.32 Å². The zero-order chi connectivity index (χ0) is 12.8. The Morgan fingerprint density at radius 3 is 2.88 bits per heavy atom. The average Bonchev–Trinajstić information content (AvgIpc) is 2.26. The van der Waals surface area contributed by atoms with E-state index in [1.807, 2.05) is 0 Å². The fourth-order valence-electron chi connectivity index (χ4n) is 1.44. The fraction of sp³-hybridized carbons (Fsp3) is 0.455. The summed E-state index contributed by atoms with van der Waals surface area (Å²) in [7, 11) is 0. The minimum atomic E-state index is -0.367. The lowest BCUT2D eigenvalue weighted by Crippen LogP contribution is -2.14. The Balaban J connectivity index is 2.75. The van der Waals surface area contributed by atoms with Crippen LogP contribution in [-0.4, -0.2) is 23.5 Å². The molecule has 1 aromatic carbocycles. The number of nitro groups is 1. The Kier molecular flexibility index (Phi) is 5.77. The van der Waals surface area contributed by atoms with Crippen LogP contribution in [0.15, 0.2) is 22.7 Å². The molecule has 4 nitrogen and oxygen atoms in total. The van der Waals surface area contributed by atoms with Crippen molar-refractivity contribution in [3.63, 3.8) is 0 Å². The van der Waals surface area contributed by atoms with Crippen molar-refractivity contribution in [3.05, 3.63) is 32.8 Å². The molecule has 0 heterocycles. The van der Waals surface area contributed by atoms with E-state index in [9.17, 15) is 10.1 Å². The van der Waals surface area contributed by atoms with Crippen molar-refractivity contribution in [2.45, 2.75) is 6.92 Å². The normalized spacial score (nSPS) is 12.2. The number of thioether (sulfide) groups is 1. The molecule has 1 atom stereocenters. The van der Waals surface area contributed by atoms with Gasteiger partial charge in [-0.1, -0.05) is 22.9 Å². The lowest BCUT2D eigenvalue weighted by atomic mass is 10.2. The number of hydrogen-bond donors (Lipinski definition) is 1. The summed E-state index contributed by atoms with van der Waals surface area (Å²) in [6, 6.07) is 4.92. The van der Waals surface area contributed by atoms with Gasteiger partial charge in [0.2, 0.25) is 0 Å². The van der Waals surface area contributed by atoms with Gasteiger partial charge in [0.15, 0.2) is 0 Å². The van der Waals surface area contributed by atoms with Crippen LogP contribution in [0.25, 0.3) is 0 Å². The van der Waals surface area contributed by atoms with Gasteiger partial charge in [-0.2, -0.15) is 11.8 Å². The minimum absolute atomic E-state index is 0.115. The van der Waals surface area contributed by atoms with Gasteiger partial charge in [0, 0.05) is 17.1 Å². The molecule has 1 N–H and O–H groups in total. The van der Waals surface area contributed by atoms with Crippen LogP contribution in [0.3, 0.4) is 0 Å². The van der Waals surface area contributed by atoms with E-state index in [1.54, 1.807) is 23.9 Å². The van der Waals surface area contributed by atoms with Gasteiger partial charge in [0.25, 0.3) is 5.69 Å². The Labute approximate surface area is 113 Å². The van der Waals surface area contributed by atoms with Gasteiger partial charge in [-0.15, -0.1) is 0 Å². The molecule has 17 heavy (non-hydrogen) atoms. The lowest BCUT2D eigenvalue weighted by Gasteiger charge is -2.12.